The number of hydrogen-bond donors (Lipinski definition) is 2. The summed E-state index contributed by atoms with van der Waals surface area (Å²) < 4.78 is 0. The third-order valence-electron chi connectivity index (χ3n) is 3.07. The number of carbonyl (C=O) groups is 1. The standard InChI is InChI=1S/C12H25N3O2/c1-2-3-6-15(9-10-16)12(17)11-14-7-4-13-5-8-14/h13,16H,2-11H2,1H3. The highest BCUT2D eigenvalue weighted by molar-refractivity contribution is 5.78. The molecule has 17 heavy (non-hydrogen) atoms. The number of aliphatic hydroxyl groups is 1. The van der Waals surface area contributed by atoms with Crippen LogP contribution in [0.5, 0.6) is 0 Å². The molecule has 0 aromatic heterocycles. The van der Waals surface area contributed by atoms with E-state index in [-0.39, 0.29) is 12.5 Å². The van der Waals surface area contributed by atoms with Crippen LogP contribution in [0.2, 0.25) is 0 Å². The van der Waals surface area contributed by atoms with Crippen molar-refractivity contribution in [1.29, 1.82) is 0 Å². The van der Waals surface area contributed by atoms with E-state index in [4.69, 9.17) is 5.11 Å². The highest BCUT2D eigenvalue weighted by atomic mass is 16.3. The number of aliphatic hydroxyl groups excluding tert-OH is 1. The lowest BCUT2D eigenvalue weighted by atomic mass is 10.3. The van der Waals surface area contributed by atoms with Gasteiger partial charge in [-0.05, 0) is 6.42 Å². The van der Waals surface area contributed by atoms with Gasteiger partial charge < -0.3 is 15.3 Å². The van der Waals surface area contributed by atoms with Crippen LogP contribution in [-0.2, 0) is 4.79 Å². The summed E-state index contributed by atoms with van der Waals surface area (Å²) in [5.41, 5.74) is 0. The molecule has 2 N–H and O–H groups in total. The smallest absolute Gasteiger partial charge is 0.236 e. The van der Waals surface area contributed by atoms with Crippen molar-refractivity contribution in [3.63, 3.8) is 0 Å². The quantitative estimate of drug-likeness (QED) is 0.634. The first kappa shape index (κ1) is 14.4. The molecule has 0 aliphatic carbocycles. The number of amides is 1. The topological polar surface area (TPSA) is 55.8 Å². The van der Waals surface area contributed by atoms with E-state index in [0.717, 1.165) is 45.6 Å². The molecule has 0 unspecified atom stereocenters. The molecule has 1 saturated heterocycles. The first-order valence-electron chi connectivity index (χ1n) is 6.59. The highest BCUT2D eigenvalue weighted by Gasteiger charge is 2.17. The van der Waals surface area contributed by atoms with Crippen LogP contribution >= 0.6 is 0 Å². The lowest BCUT2D eigenvalue weighted by Crippen LogP contribution is -2.49. The molecule has 1 amide bonds. The summed E-state index contributed by atoms with van der Waals surface area (Å²) in [6, 6.07) is 0. The van der Waals surface area contributed by atoms with Crippen LogP contribution in [0.4, 0.5) is 0 Å². The van der Waals surface area contributed by atoms with Crippen LogP contribution in [0.25, 0.3) is 0 Å². The van der Waals surface area contributed by atoms with Crippen molar-refractivity contribution >= 4 is 5.91 Å². The molecule has 0 saturated carbocycles. The van der Waals surface area contributed by atoms with Gasteiger partial charge in [0.25, 0.3) is 0 Å². The predicted octanol–water partition coefficient (Wildman–Crippen LogP) is -0.487. The van der Waals surface area contributed by atoms with Crippen molar-refractivity contribution in [3.8, 4) is 0 Å². The third-order valence-corrected chi connectivity index (χ3v) is 3.07. The second kappa shape index (κ2) is 8.44. The Balaban J connectivity index is 2.34. The van der Waals surface area contributed by atoms with Crippen molar-refractivity contribution in [1.82, 2.24) is 15.1 Å². The van der Waals surface area contributed by atoms with E-state index in [1.54, 1.807) is 4.90 Å². The largest absolute Gasteiger partial charge is 0.395 e. The molecule has 0 spiro atoms. The Hall–Kier alpha value is -0.650. The highest BCUT2D eigenvalue weighted by Crippen LogP contribution is 1.99. The molecule has 0 bridgehead atoms. The fraction of sp³-hybridized carbons (Fsp3) is 0.917. The summed E-state index contributed by atoms with van der Waals surface area (Å²) in [5.74, 6) is 0.148. The van der Waals surface area contributed by atoms with Crippen molar-refractivity contribution in [2.75, 3.05) is 52.4 Å². The van der Waals surface area contributed by atoms with Crippen LogP contribution < -0.4 is 5.32 Å². The minimum absolute atomic E-state index is 0.0526. The average Bonchev–Trinajstić information content (AvgIpc) is 2.35. The zero-order chi connectivity index (χ0) is 12.5. The van der Waals surface area contributed by atoms with E-state index in [2.05, 4.69) is 17.1 Å². The maximum atomic E-state index is 12.1. The maximum absolute atomic E-state index is 12.1. The fourth-order valence-corrected chi connectivity index (χ4v) is 1.99. The van der Waals surface area contributed by atoms with Crippen LogP contribution in [0.15, 0.2) is 0 Å². The van der Waals surface area contributed by atoms with E-state index < -0.39 is 0 Å². The van der Waals surface area contributed by atoms with Gasteiger partial charge in [-0.3, -0.25) is 9.69 Å². The Labute approximate surface area is 104 Å². The Bertz CT molecular complexity index is 218. The second-order valence-corrected chi connectivity index (χ2v) is 4.48. The summed E-state index contributed by atoms with van der Waals surface area (Å²) in [5, 5.41) is 12.2. The van der Waals surface area contributed by atoms with Crippen molar-refractivity contribution < 1.29 is 9.90 Å². The first-order valence-corrected chi connectivity index (χ1v) is 6.59. The van der Waals surface area contributed by atoms with E-state index in [9.17, 15) is 4.79 Å². The normalized spacial score (nSPS) is 17.1. The minimum atomic E-state index is 0.0526. The molecule has 0 atom stereocenters. The number of hydrogen-bond acceptors (Lipinski definition) is 4. The van der Waals surface area contributed by atoms with Gasteiger partial charge in [-0.25, -0.2) is 0 Å². The van der Waals surface area contributed by atoms with E-state index >= 15 is 0 Å². The fourth-order valence-electron chi connectivity index (χ4n) is 1.99. The molecule has 100 valence electrons. The number of unbranched alkanes of at least 4 members (excludes halogenated alkanes) is 1. The maximum Gasteiger partial charge on any atom is 0.236 e. The second-order valence-electron chi connectivity index (χ2n) is 4.48. The molecule has 5 heteroatoms. The van der Waals surface area contributed by atoms with E-state index in [0.29, 0.717) is 13.1 Å². The number of nitrogens with one attached hydrogen (secondary N) is 1. The lowest BCUT2D eigenvalue weighted by molar-refractivity contribution is -0.133. The van der Waals surface area contributed by atoms with Gasteiger partial charge in [0, 0.05) is 39.3 Å². The molecule has 0 radical (unpaired) electrons. The minimum Gasteiger partial charge on any atom is -0.395 e. The SMILES string of the molecule is CCCCN(CCO)C(=O)CN1CCNCC1. The van der Waals surface area contributed by atoms with Gasteiger partial charge in [-0.1, -0.05) is 13.3 Å². The molecular weight excluding hydrogens is 218 g/mol. The van der Waals surface area contributed by atoms with Crippen molar-refractivity contribution in [2.24, 2.45) is 0 Å². The Morgan fingerprint density at radius 2 is 2.06 bits per heavy atom. The summed E-state index contributed by atoms with van der Waals surface area (Å²) in [6.07, 6.45) is 2.08. The van der Waals surface area contributed by atoms with Gasteiger partial charge in [-0.2, -0.15) is 0 Å². The summed E-state index contributed by atoms with van der Waals surface area (Å²) in [6.45, 7) is 7.68. The molecule has 0 aromatic carbocycles. The van der Waals surface area contributed by atoms with E-state index in [1.807, 2.05) is 0 Å². The number of nitrogens with zero attached hydrogens (tertiary/aromatic N) is 2. The van der Waals surface area contributed by atoms with Gasteiger partial charge >= 0.3 is 0 Å². The van der Waals surface area contributed by atoms with Crippen LogP contribution in [0.3, 0.4) is 0 Å². The van der Waals surface area contributed by atoms with Crippen molar-refractivity contribution in [3.05, 3.63) is 0 Å². The van der Waals surface area contributed by atoms with Crippen LogP contribution in [0, 0.1) is 0 Å². The molecule has 0 aromatic rings. The van der Waals surface area contributed by atoms with Crippen LogP contribution in [0.1, 0.15) is 19.8 Å². The monoisotopic (exact) mass is 243 g/mol. The molecule has 1 rings (SSSR count). The Kier molecular flexibility index (Phi) is 7.16. The predicted molar refractivity (Wildman–Crippen MR) is 67.9 cm³/mol. The van der Waals surface area contributed by atoms with Crippen molar-refractivity contribution in [2.45, 2.75) is 19.8 Å². The number of carbonyl (C=O) groups excluding carboxylic acids is 1. The average molecular weight is 243 g/mol. The first-order chi connectivity index (χ1) is 8.27. The van der Waals surface area contributed by atoms with Gasteiger partial charge in [0.2, 0.25) is 5.91 Å². The van der Waals surface area contributed by atoms with Gasteiger partial charge in [0.05, 0.1) is 13.2 Å². The van der Waals surface area contributed by atoms with Gasteiger partial charge in [-0.15, -0.1) is 0 Å². The zero-order valence-corrected chi connectivity index (χ0v) is 10.8. The summed E-state index contributed by atoms with van der Waals surface area (Å²) in [7, 11) is 0. The zero-order valence-electron chi connectivity index (χ0n) is 10.8. The molecule has 5 nitrogen and oxygen atoms in total. The Morgan fingerprint density at radius 3 is 2.65 bits per heavy atom. The molecule has 1 heterocycles. The molecule has 1 fully saturated rings. The third kappa shape index (κ3) is 5.48. The van der Waals surface area contributed by atoms with Gasteiger partial charge in [0.15, 0.2) is 0 Å². The summed E-state index contributed by atoms with van der Waals surface area (Å²) in [4.78, 5) is 16.0. The van der Waals surface area contributed by atoms with Crippen LogP contribution in [-0.4, -0.2) is 73.2 Å². The molecule has 1 aliphatic heterocycles. The number of piperazine rings is 1. The lowest BCUT2D eigenvalue weighted by Gasteiger charge is -2.29. The van der Waals surface area contributed by atoms with Gasteiger partial charge in [0.1, 0.15) is 0 Å². The Morgan fingerprint density at radius 1 is 1.35 bits per heavy atom. The summed E-state index contributed by atoms with van der Waals surface area (Å²) >= 11 is 0. The number of rotatable bonds is 7. The van der Waals surface area contributed by atoms with E-state index in [1.165, 1.54) is 0 Å². The molecular formula is C12H25N3O2. The molecule has 1 aliphatic rings.